The highest BCUT2D eigenvalue weighted by Crippen LogP contribution is 2.31. The monoisotopic (exact) mass is 152 g/mol. The smallest absolute Gasteiger partial charge is 0.0783 e. The van der Waals surface area contributed by atoms with Gasteiger partial charge in [-0.15, -0.1) is 0 Å². The second-order valence-electron chi connectivity index (χ2n) is 3.31. The first-order chi connectivity index (χ1) is 5.27. The molecule has 0 radical (unpaired) electrons. The molecule has 0 heterocycles. The molecule has 2 aliphatic carbocycles. The molecule has 2 heteroatoms. The Bertz CT molecular complexity index is 186. The molecule has 60 valence electrons. The zero-order valence-electron chi connectivity index (χ0n) is 6.22. The lowest BCUT2D eigenvalue weighted by Gasteiger charge is -2.32. The fraction of sp³-hybridized carbons (Fsp3) is 0.556. The minimum atomic E-state index is -0.338. The van der Waals surface area contributed by atoms with Crippen molar-refractivity contribution in [2.24, 2.45) is 11.8 Å². The predicted octanol–water partition coefficient (Wildman–Crippen LogP) is 0.470. The zero-order chi connectivity index (χ0) is 7.84. The van der Waals surface area contributed by atoms with Crippen LogP contribution in [-0.2, 0) is 0 Å². The lowest BCUT2D eigenvalue weighted by Crippen LogP contribution is -2.32. The molecule has 11 heavy (non-hydrogen) atoms. The quantitative estimate of drug-likeness (QED) is 0.495. The third kappa shape index (κ3) is 1.12. The third-order valence-electron chi connectivity index (χ3n) is 2.53. The molecule has 2 bridgehead atoms. The highest BCUT2D eigenvalue weighted by Gasteiger charge is 2.29. The molecule has 4 unspecified atom stereocenters. The minimum Gasteiger partial charge on any atom is -0.388 e. The van der Waals surface area contributed by atoms with Crippen LogP contribution in [0.3, 0.4) is 0 Å². The van der Waals surface area contributed by atoms with E-state index in [1.165, 1.54) is 0 Å². The average molecular weight is 152 g/mol. The first kappa shape index (κ1) is 7.07. The van der Waals surface area contributed by atoms with Gasteiger partial charge in [-0.2, -0.15) is 0 Å². The van der Waals surface area contributed by atoms with E-state index in [0.717, 1.165) is 6.42 Å². The van der Waals surface area contributed by atoms with E-state index in [4.69, 9.17) is 0 Å². The summed E-state index contributed by atoms with van der Waals surface area (Å²) in [6.45, 7) is 0. The summed E-state index contributed by atoms with van der Waals surface area (Å²) in [4.78, 5) is 0. The second kappa shape index (κ2) is 2.47. The van der Waals surface area contributed by atoms with Gasteiger partial charge in [0.2, 0.25) is 0 Å². The van der Waals surface area contributed by atoms with Crippen LogP contribution >= 0.6 is 0 Å². The molecule has 4 atom stereocenters. The lowest BCUT2D eigenvalue weighted by atomic mass is 9.77. The molecule has 0 fully saturated rings. The molecular weight excluding hydrogens is 140 g/mol. The van der Waals surface area contributed by atoms with Crippen LogP contribution in [0.15, 0.2) is 24.3 Å². The van der Waals surface area contributed by atoms with Crippen LogP contribution in [0, 0.1) is 11.8 Å². The Balaban J connectivity index is 2.24. The summed E-state index contributed by atoms with van der Waals surface area (Å²) < 4.78 is 0. The van der Waals surface area contributed by atoms with E-state index in [1.807, 2.05) is 12.2 Å². The SMILES string of the molecule is OC1C=CC2CC1C=CC2O. The molecule has 0 aromatic rings. The summed E-state index contributed by atoms with van der Waals surface area (Å²) in [6.07, 6.45) is 7.60. The summed E-state index contributed by atoms with van der Waals surface area (Å²) in [7, 11) is 0. The van der Waals surface area contributed by atoms with Crippen LogP contribution < -0.4 is 0 Å². The fourth-order valence-corrected chi connectivity index (χ4v) is 1.78. The van der Waals surface area contributed by atoms with Crippen molar-refractivity contribution in [3.05, 3.63) is 24.3 Å². The average Bonchev–Trinajstić information content (AvgIpc) is 2.02. The highest BCUT2D eigenvalue weighted by molar-refractivity contribution is 5.16. The van der Waals surface area contributed by atoms with E-state index >= 15 is 0 Å². The van der Waals surface area contributed by atoms with E-state index < -0.39 is 0 Å². The Morgan fingerprint density at radius 2 is 1.27 bits per heavy atom. The molecule has 0 saturated heterocycles. The molecule has 0 spiro atoms. The normalized spacial score (nSPS) is 47.8. The predicted molar refractivity (Wildman–Crippen MR) is 41.9 cm³/mol. The number of hydrogen-bond acceptors (Lipinski definition) is 2. The van der Waals surface area contributed by atoms with E-state index in [1.54, 1.807) is 12.2 Å². The van der Waals surface area contributed by atoms with Crippen LogP contribution in [0.25, 0.3) is 0 Å². The lowest BCUT2D eigenvalue weighted by molar-refractivity contribution is 0.100. The van der Waals surface area contributed by atoms with Crippen molar-refractivity contribution in [3.8, 4) is 0 Å². The Hall–Kier alpha value is -0.600. The molecule has 0 aromatic heterocycles. The topological polar surface area (TPSA) is 40.5 Å². The maximum Gasteiger partial charge on any atom is 0.0783 e. The number of rotatable bonds is 0. The molecule has 0 saturated carbocycles. The molecule has 2 N–H and O–H groups in total. The molecule has 0 amide bonds. The summed E-state index contributed by atoms with van der Waals surface area (Å²) in [5, 5.41) is 18.8. The Morgan fingerprint density at radius 1 is 0.818 bits per heavy atom. The van der Waals surface area contributed by atoms with Crippen LogP contribution in [-0.4, -0.2) is 22.4 Å². The maximum atomic E-state index is 9.39. The zero-order valence-corrected chi connectivity index (χ0v) is 6.22. The van der Waals surface area contributed by atoms with Gasteiger partial charge in [0.15, 0.2) is 0 Å². The Morgan fingerprint density at radius 3 is 1.73 bits per heavy atom. The van der Waals surface area contributed by atoms with E-state index in [9.17, 15) is 10.2 Å². The van der Waals surface area contributed by atoms with Crippen molar-refractivity contribution in [2.75, 3.05) is 0 Å². The van der Waals surface area contributed by atoms with Crippen molar-refractivity contribution < 1.29 is 10.2 Å². The van der Waals surface area contributed by atoms with E-state index in [2.05, 4.69) is 0 Å². The van der Waals surface area contributed by atoms with Crippen LogP contribution in [0.4, 0.5) is 0 Å². The van der Waals surface area contributed by atoms with Gasteiger partial charge in [0, 0.05) is 11.8 Å². The molecule has 2 aliphatic rings. The van der Waals surface area contributed by atoms with Crippen molar-refractivity contribution in [1.82, 2.24) is 0 Å². The third-order valence-corrected chi connectivity index (χ3v) is 2.53. The molecule has 0 aromatic carbocycles. The summed E-state index contributed by atoms with van der Waals surface area (Å²) in [5.74, 6) is 0.460. The molecular formula is C9H12O2. The van der Waals surface area contributed by atoms with Gasteiger partial charge in [-0.25, -0.2) is 0 Å². The van der Waals surface area contributed by atoms with Gasteiger partial charge in [-0.05, 0) is 6.42 Å². The van der Waals surface area contributed by atoms with Crippen LogP contribution in [0.2, 0.25) is 0 Å². The van der Waals surface area contributed by atoms with Gasteiger partial charge in [0.1, 0.15) is 0 Å². The number of fused-ring (bicyclic) bond motifs is 2. The van der Waals surface area contributed by atoms with Gasteiger partial charge in [-0.1, -0.05) is 24.3 Å². The van der Waals surface area contributed by atoms with Crippen molar-refractivity contribution in [3.63, 3.8) is 0 Å². The Kier molecular flexibility index (Phi) is 1.59. The first-order valence-electron chi connectivity index (χ1n) is 4.00. The van der Waals surface area contributed by atoms with Gasteiger partial charge < -0.3 is 10.2 Å². The van der Waals surface area contributed by atoms with Crippen molar-refractivity contribution in [1.29, 1.82) is 0 Å². The summed E-state index contributed by atoms with van der Waals surface area (Å²) in [6, 6.07) is 0. The van der Waals surface area contributed by atoms with Crippen molar-refractivity contribution >= 4 is 0 Å². The second-order valence-corrected chi connectivity index (χ2v) is 3.31. The largest absolute Gasteiger partial charge is 0.388 e. The standard InChI is InChI=1S/C9H12O2/c10-8-3-1-6-5-7(8)2-4-9(6)11/h1-4,6-11H,5H2. The number of aliphatic hydroxyl groups is 2. The van der Waals surface area contributed by atoms with Gasteiger partial charge in [-0.3, -0.25) is 0 Å². The highest BCUT2D eigenvalue weighted by atomic mass is 16.3. The summed E-state index contributed by atoms with van der Waals surface area (Å²) >= 11 is 0. The van der Waals surface area contributed by atoms with Crippen LogP contribution in [0.5, 0.6) is 0 Å². The molecule has 0 aliphatic heterocycles. The van der Waals surface area contributed by atoms with Gasteiger partial charge >= 0.3 is 0 Å². The minimum absolute atomic E-state index is 0.230. The Labute approximate surface area is 65.9 Å². The molecule has 2 rings (SSSR count). The maximum absolute atomic E-state index is 9.39. The fourth-order valence-electron chi connectivity index (χ4n) is 1.78. The number of aliphatic hydroxyl groups excluding tert-OH is 2. The van der Waals surface area contributed by atoms with E-state index in [-0.39, 0.29) is 24.0 Å². The first-order valence-corrected chi connectivity index (χ1v) is 4.00. The van der Waals surface area contributed by atoms with E-state index in [0.29, 0.717) is 0 Å². The van der Waals surface area contributed by atoms with Crippen LogP contribution in [0.1, 0.15) is 6.42 Å². The molecule has 2 nitrogen and oxygen atoms in total. The number of hydrogen-bond donors (Lipinski definition) is 2. The summed E-state index contributed by atoms with van der Waals surface area (Å²) in [5.41, 5.74) is 0. The van der Waals surface area contributed by atoms with Crippen molar-refractivity contribution in [2.45, 2.75) is 18.6 Å². The van der Waals surface area contributed by atoms with Gasteiger partial charge in [0.05, 0.1) is 12.2 Å². The van der Waals surface area contributed by atoms with Gasteiger partial charge in [0.25, 0.3) is 0 Å².